The van der Waals surface area contributed by atoms with Crippen LogP contribution in [0.3, 0.4) is 0 Å². The Hall–Kier alpha value is -3.38. The molecule has 1 fully saturated rings. The summed E-state index contributed by atoms with van der Waals surface area (Å²) in [6.07, 6.45) is 2.04. The van der Waals surface area contributed by atoms with E-state index in [1.54, 1.807) is 6.20 Å². The van der Waals surface area contributed by atoms with Crippen molar-refractivity contribution in [2.24, 2.45) is 0 Å². The molecule has 0 saturated carbocycles. The monoisotopic (exact) mass is 473 g/mol. The number of benzene rings is 2. The minimum absolute atomic E-state index is 0.153. The molecule has 6 nitrogen and oxygen atoms in total. The summed E-state index contributed by atoms with van der Waals surface area (Å²) >= 11 is 0. The highest BCUT2D eigenvalue weighted by molar-refractivity contribution is 6.06. The fraction of sp³-hybridized carbons (Fsp3) is 0.379. The molecule has 3 aromatic rings. The lowest BCUT2D eigenvalue weighted by Gasteiger charge is -2.36. The average Bonchev–Trinajstić information content (AvgIpc) is 2.79. The van der Waals surface area contributed by atoms with Crippen LogP contribution in [-0.2, 0) is 4.74 Å². The Bertz CT molecular complexity index is 1160. The molecule has 0 spiro atoms. The van der Waals surface area contributed by atoms with Crippen LogP contribution in [-0.4, -0.2) is 41.8 Å². The molecule has 184 valence electrons. The number of amides is 1. The Kier molecular flexibility index (Phi) is 7.13. The SMILES string of the molecule is Cc1c(C(=O)Nc2ccc(N3C[C@@H](C)O[C@@H](C)C3)nc2)cccc1-c1ccc(OC(C)(C)C)cc1. The molecule has 0 unspecified atom stereocenters. The summed E-state index contributed by atoms with van der Waals surface area (Å²) in [4.78, 5) is 19.9. The standard InChI is InChI=1S/C29H35N3O3/c1-19-17-32(18-20(2)34-19)27-15-12-23(16-30-27)31-28(33)26-9-7-8-25(21(26)3)22-10-13-24(14-11-22)35-29(4,5)6/h7-16,19-20H,17-18H2,1-6H3,(H,31,33)/t19-,20+. The smallest absolute Gasteiger partial charge is 0.255 e. The van der Waals surface area contributed by atoms with Crippen LogP contribution in [0.5, 0.6) is 5.75 Å². The Balaban J connectivity index is 1.47. The third kappa shape index (κ3) is 6.20. The van der Waals surface area contributed by atoms with Gasteiger partial charge in [-0.3, -0.25) is 4.79 Å². The number of carbonyl (C=O) groups excluding carboxylic acids is 1. The van der Waals surface area contributed by atoms with Gasteiger partial charge in [0.25, 0.3) is 5.91 Å². The molecule has 1 aliphatic heterocycles. The lowest BCUT2D eigenvalue weighted by Crippen LogP contribution is -2.45. The largest absolute Gasteiger partial charge is 0.488 e. The van der Waals surface area contributed by atoms with Crippen molar-refractivity contribution in [1.29, 1.82) is 0 Å². The molecule has 35 heavy (non-hydrogen) atoms. The van der Waals surface area contributed by atoms with E-state index in [2.05, 4.69) is 29.0 Å². The number of anilines is 2. The summed E-state index contributed by atoms with van der Waals surface area (Å²) in [6, 6.07) is 17.6. The Morgan fingerprint density at radius 3 is 2.31 bits per heavy atom. The number of ether oxygens (including phenoxy) is 2. The van der Waals surface area contributed by atoms with Crippen molar-refractivity contribution in [3.63, 3.8) is 0 Å². The van der Waals surface area contributed by atoms with Crippen molar-refractivity contribution in [3.05, 3.63) is 71.9 Å². The summed E-state index contributed by atoms with van der Waals surface area (Å²) in [5.74, 6) is 1.56. The van der Waals surface area contributed by atoms with Crippen molar-refractivity contribution >= 4 is 17.4 Å². The van der Waals surface area contributed by atoms with Crippen molar-refractivity contribution in [3.8, 4) is 16.9 Å². The quantitative estimate of drug-likeness (QED) is 0.485. The minimum Gasteiger partial charge on any atom is -0.488 e. The van der Waals surface area contributed by atoms with Gasteiger partial charge in [-0.15, -0.1) is 0 Å². The zero-order chi connectivity index (χ0) is 25.2. The van der Waals surface area contributed by atoms with Crippen LogP contribution in [0.2, 0.25) is 0 Å². The second-order valence-corrected chi connectivity index (χ2v) is 10.2. The molecule has 1 N–H and O–H groups in total. The van der Waals surface area contributed by atoms with E-state index in [9.17, 15) is 4.79 Å². The molecule has 6 heteroatoms. The van der Waals surface area contributed by atoms with Gasteiger partial charge in [0.15, 0.2) is 0 Å². The van der Waals surface area contributed by atoms with E-state index in [1.165, 1.54) is 0 Å². The van der Waals surface area contributed by atoms with E-state index in [-0.39, 0.29) is 23.7 Å². The average molecular weight is 474 g/mol. The van der Waals surface area contributed by atoms with Crippen LogP contribution in [0.1, 0.15) is 50.5 Å². The summed E-state index contributed by atoms with van der Waals surface area (Å²) in [6.45, 7) is 13.8. The third-order valence-corrected chi connectivity index (χ3v) is 5.92. The van der Waals surface area contributed by atoms with E-state index in [0.29, 0.717) is 11.3 Å². The van der Waals surface area contributed by atoms with Crippen LogP contribution in [0.25, 0.3) is 11.1 Å². The highest BCUT2D eigenvalue weighted by Gasteiger charge is 2.23. The van der Waals surface area contributed by atoms with Crippen LogP contribution < -0.4 is 15.0 Å². The highest BCUT2D eigenvalue weighted by atomic mass is 16.5. The second-order valence-electron chi connectivity index (χ2n) is 10.2. The predicted octanol–water partition coefficient (Wildman–Crippen LogP) is 6.10. The van der Waals surface area contributed by atoms with Gasteiger partial charge in [-0.2, -0.15) is 0 Å². The number of nitrogens with zero attached hydrogens (tertiary/aromatic N) is 2. The first kappa shape index (κ1) is 24.7. The van der Waals surface area contributed by atoms with Crippen LogP contribution in [0, 0.1) is 6.92 Å². The fourth-order valence-electron chi connectivity index (χ4n) is 4.46. The molecular weight excluding hydrogens is 438 g/mol. The maximum atomic E-state index is 13.1. The van der Waals surface area contributed by atoms with E-state index in [0.717, 1.165) is 41.3 Å². The van der Waals surface area contributed by atoms with Gasteiger partial charge in [-0.1, -0.05) is 24.3 Å². The van der Waals surface area contributed by atoms with Crippen molar-refractivity contribution in [2.45, 2.75) is 59.4 Å². The third-order valence-electron chi connectivity index (χ3n) is 5.92. The topological polar surface area (TPSA) is 63.7 Å². The summed E-state index contributed by atoms with van der Waals surface area (Å²) < 4.78 is 11.7. The fourth-order valence-corrected chi connectivity index (χ4v) is 4.46. The Labute approximate surface area is 208 Å². The van der Waals surface area contributed by atoms with E-state index in [1.807, 2.05) is 82.3 Å². The molecule has 1 amide bonds. The van der Waals surface area contributed by atoms with Crippen LogP contribution >= 0.6 is 0 Å². The predicted molar refractivity (Wildman–Crippen MR) is 141 cm³/mol. The Morgan fingerprint density at radius 2 is 1.71 bits per heavy atom. The molecule has 0 aliphatic carbocycles. The number of nitrogens with one attached hydrogen (secondary N) is 1. The van der Waals surface area contributed by atoms with Crippen molar-refractivity contribution < 1.29 is 14.3 Å². The number of pyridine rings is 1. The highest BCUT2D eigenvalue weighted by Crippen LogP contribution is 2.29. The van der Waals surface area contributed by atoms with Gasteiger partial charge >= 0.3 is 0 Å². The molecule has 1 aliphatic rings. The number of hydrogen-bond acceptors (Lipinski definition) is 5. The molecule has 0 bridgehead atoms. The number of aromatic nitrogens is 1. The lowest BCUT2D eigenvalue weighted by molar-refractivity contribution is -0.00545. The zero-order valence-electron chi connectivity index (χ0n) is 21.5. The normalized spacial score (nSPS) is 18.3. The van der Waals surface area contributed by atoms with Gasteiger partial charge in [-0.05, 0) is 88.6 Å². The van der Waals surface area contributed by atoms with Gasteiger partial charge in [0.2, 0.25) is 0 Å². The lowest BCUT2D eigenvalue weighted by atomic mass is 9.96. The van der Waals surface area contributed by atoms with E-state index >= 15 is 0 Å². The number of morpholine rings is 1. The molecular formula is C29H35N3O3. The van der Waals surface area contributed by atoms with Crippen molar-refractivity contribution in [1.82, 2.24) is 4.98 Å². The molecule has 0 radical (unpaired) electrons. The van der Waals surface area contributed by atoms with Crippen LogP contribution in [0.15, 0.2) is 60.8 Å². The van der Waals surface area contributed by atoms with Gasteiger partial charge in [-0.25, -0.2) is 4.98 Å². The molecule has 4 rings (SSSR count). The van der Waals surface area contributed by atoms with Gasteiger partial charge in [0, 0.05) is 18.7 Å². The number of carbonyl (C=O) groups is 1. The first-order valence-electron chi connectivity index (χ1n) is 12.2. The second kappa shape index (κ2) is 10.1. The summed E-state index contributed by atoms with van der Waals surface area (Å²) in [5, 5.41) is 3.00. The van der Waals surface area contributed by atoms with Crippen molar-refractivity contribution in [2.75, 3.05) is 23.3 Å². The van der Waals surface area contributed by atoms with Gasteiger partial charge in [0.05, 0.1) is 24.1 Å². The summed E-state index contributed by atoms with van der Waals surface area (Å²) in [7, 11) is 0. The van der Waals surface area contributed by atoms with E-state index in [4.69, 9.17) is 9.47 Å². The number of rotatable bonds is 5. The molecule has 2 aromatic carbocycles. The first-order valence-corrected chi connectivity index (χ1v) is 12.2. The molecule has 2 heterocycles. The van der Waals surface area contributed by atoms with Gasteiger partial charge in [0.1, 0.15) is 17.2 Å². The maximum absolute atomic E-state index is 13.1. The molecule has 2 atom stereocenters. The van der Waals surface area contributed by atoms with E-state index < -0.39 is 0 Å². The molecule has 1 saturated heterocycles. The first-order chi connectivity index (χ1) is 16.6. The number of hydrogen-bond donors (Lipinski definition) is 1. The Morgan fingerprint density at radius 1 is 1.03 bits per heavy atom. The summed E-state index contributed by atoms with van der Waals surface area (Å²) in [5.41, 5.74) is 4.04. The van der Waals surface area contributed by atoms with Crippen LogP contribution in [0.4, 0.5) is 11.5 Å². The maximum Gasteiger partial charge on any atom is 0.255 e. The zero-order valence-corrected chi connectivity index (χ0v) is 21.5. The minimum atomic E-state index is -0.248. The van der Waals surface area contributed by atoms with Gasteiger partial charge < -0.3 is 19.7 Å². The molecule has 1 aromatic heterocycles.